The van der Waals surface area contributed by atoms with Gasteiger partial charge in [0.15, 0.2) is 0 Å². The molecule has 1 unspecified atom stereocenters. The van der Waals surface area contributed by atoms with E-state index in [0.29, 0.717) is 25.8 Å². The molecule has 0 saturated heterocycles. The van der Waals surface area contributed by atoms with Crippen molar-refractivity contribution in [3.63, 3.8) is 0 Å². The molecule has 0 saturated carbocycles. The van der Waals surface area contributed by atoms with Crippen LogP contribution >= 0.6 is 0 Å². The van der Waals surface area contributed by atoms with E-state index >= 15 is 0 Å². The predicted octanol–water partition coefficient (Wildman–Crippen LogP) is 3.48. The van der Waals surface area contributed by atoms with Gasteiger partial charge < -0.3 is 14.6 Å². The van der Waals surface area contributed by atoms with Gasteiger partial charge in [0.25, 0.3) is 0 Å². The van der Waals surface area contributed by atoms with E-state index < -0.39 is 6.10 Å². The summed E-state index contributed by atoms with van der Waals surface area (Å²) in [4.78, 5) is 2.24. The van der Waals surface area contributed by atoms with Crippen LogP contribution in [0, 0.1) is 0 Å². The van der Waals surface area contributed by atoms with Crippen LogP contribution in [0.5, 0.6) is 5.75 Å². The Kier molecular flexibility index (Phi) is 7.92. The maximum Gasteiger partial charge on any atom is 0.119 e. The summed E-state index contributed by atoms with van der Waals surface area (Å²) in [5, 5.41) is 10.3. The van der Waals surface area contributed by atoms with Gasteiger partial charge in [-0.3, -0.25) is 4.90 Å². The number of benzene rings is 2. The van der Waals surface area contributed by atoms with Crippen molar-refractivity contribution in [2.75, 3.05) is 20.3 Å². The highest BCUT2D eigenvalue weighted by molar-refractivity contribution is 5.28. The maximum atomic E-state index is 10.3. The molecule has 0 aromatic heterocycles. The van der Waals surface area contributed by atoms with Crippen molar-refractivity contribution in [2.45, 2.75) is 39.1 Å². The lowest BCUT2D eigenvalue weighted by Gasteiger charge is -2.29. The fourth-order valence-electron chi connectivity index (χ4n) is 2.67. The molecular weight excluding hydrogens is 314 g/mol. The Morgan fingerprint density at radius 3 is 2.40 bits per heavy atom. The van der Waals surface area contributed by atoms with Gasteiger partial charge in [0.05, 0.1) is 26.4 Å². The molecule has 0 aliphatic heterocycles. The second-order valence-electron chi connectivity index (χ2n) is 6.53. The minimum Gasteiger partial charge on any atom is -0.497 e. The SMILES string of the molecule is COc1cccc(CN(CC(O)COCc2ccccc2)C(C)C)c1. The van der Waals surface area contributed by atoms with Crippen LogP contribution in [0.1, 0.15) is 25.0 Å². The Bertz CT molecular complexity index is 616. The summed E-state index contributed by atoms with van der Waals surface area (Å²) in [7, 11) is 1.67. The topological polar surface area (TPSA) is 41.9 Å². The fourth-order valence-corrected chi connectivity index (χ4v) is 2.67. The second-order valence-corrected chi connectivity index (χ2v) is 6.53. The number of aliphatic hydroxyl groups is 1. The van der Waals surface area contributed by atoms with Gasteiger partial charge in [0.2, 0.25) is 0 Å². The van der Waals surface area contributed by atoms with Gasteiger partial charge in [-0.05, 0) is 37.1 Å². The summed E-state index contributed by atoms with van der Waals surface area (Å²) in [5.41, 5.74) is 2.29. The number of rotatable bonds is 10. The number of methoxy groups -OCH3 is 1. The van der Waals surface area contributed by atoms with Crippen LogP contribution < -0.4 is 4.74 Å². The average Bonchev–Trinajstić information content (AvgIpc) is 2.62. The molecule has 25 heavy (non-hydrogen) atoms. The van der Waals surface area contributed by atoms with E-state index in [9.17, 15) is 5.11 Å². The van der Waals surface area contributed by atoms with Crippen LogP contribution in [0.2, 0.25) is 0 Å². The molecule has 4 nitrogen and oxygen atoms in total. The average molecular weight is 343 g/mol. The summed E-state index contributed by atoms with van der Waals surface area (Å²) < 4.78 is 10.9. The Morgan fingerprint density at radius 2 is 1.72 bits per heavy atom. The van der Waals surface area contributed by atoms with Crippen molar-refractivity contribution in [1.29, 1.82) is 0 Å². The normalized spacial score (nSPS) is 12.6. The van der Waals surface area contributed by atoms with Crippen molar-refractivity contribution in [2.24, 2.45) is 0 Å². The third-order valence-corrected chi connectivity index (χ3v) is 4.12. The molecule has 2 aromatic rings. The predicted molar refractivity (Wildman–Crippen MR) is 101 cm³/mol. The monoisotopic (exact) mass is 343 g/mol. The van der Waals surface area contributed by atoms with Gasteiger partial charge in [-0.1, -0.05) is 42.5 Å². The first-order valence-corrected chi connectivity index (χ1v) is 8.75. The van der Waals surface area contributed by atoms with Crippen molar-refractivity contribution < 1.29 is 14.6 Å². The van der Waals surface area contributed by atoms with Crippen LogP contribution in [0.25, 0.3) is 0 Å². The van der Waals surface area contributed by atoms with Crippen molar-refractivity contribution in [1.82, 2.24) is 4.90 Å². The van der Waals surface area contributed by atoms with Crippen LogP contribution in [-0.2, 0) is 17.9 Å². The summed E-state index contributed by atoms with van der Waals surface area (Å²) in [5.74, 6) is 0.855. The highest BCUT2D eigenvalue weighted by Crippen LogP contribution is 2.16. The van der Waals surface area contributed by atoms with Crippen molar-refractivity contribution in [3.05, 3.63) is 65.7 Å². The van der Waals surface area contributed by atoms with E-state index in [1.54, 1.807) is 7.11 Å². The molecule has 0 radical (unpaired) electrons. The standard InChI is InChI=1S/C21H29NO3/c1-17(2)22(13-19-10-7-11-21(12-19)24-3)14-20(23)16-25-15-18-8-5-4-6-9-18/h4-12,17,20,23H,13-16H2,1-3H3. The first kappa shape index (κ1) is 19.4. The molecule has 0 spiro atoms. The molecule has 0 bridgehead atoms. The molecule has 0 heterocycles. The number of nitrogens with zero attached hydrogens (tertiary/aromatic N) is 1. The second kappa shape index (κ2) is 10.2. The minimum absolute atomic E-state index is 0.329. The van der Waals surface area contributed by atoms with Gasteiger partial charge in [-0.25, -0.2) is 0 Å². The van der Waals surface area contributed by atoms with E-state index in [2.05, 4.69) is 24.8 Å². The van der Waals surface area contributed by atoms with Gasteiger partial charge >= 0.3 is 0 Å². The lowest BCUT2D eigenvalue weighted by Crippen LogP contribution is -2.38. The number of hydrogen-bond acceptors (Lipinski definition) is 4. The Morgan fingerprint density at radius 1 is 1.00 bits per heavy atom. The molecule has 0 aliphatic carbocycles. The fraction of sp³-hybridized carbons (Fsp3) is 0.429. The van der Waals surface area contributed by atoms with Crippen LogP contribution in [0.15, 0.2) is 54.6 Å². The molecule has 136 valence electrons. The zero-order chi connectivity index (χ0) is 18.1. The minimum atomic E-state index is -0.517. The van der Waals surface area contributed by atoms with Crippen LogP contribution in [0.3, 0.4) is 0 Å². The lowest BCUT2D eigenvalue weighted by atomic mass is 10.1. The molecule has 2 aromatic carbocycles. The summed E-state index contributed by atoms with van der Waals surface area (Å²) in [6.45, 7) is 6.47. The number of ether oxygens (including phenoxy) is 2. The number of aliphatic hydroxyl groups excluding tert-OH is 1. The van der Waals surface area contributed by atoms with Gasteiger partial charge in [-0.15, -0.1) is 0 Å². The van der Waals surface area contributed by atoms with E-state index in [1.165, 1.54) is 5.56 Å². The summed E-state index contributed by atoms with van der Waals surface area (Å²) in [6, 6.07) is 18.4. The highest BCUT2D eigenvalue weighted by atomic mass is 16.5. The molecule has 1 N–H and O–H groups in total. The first-order chi connectivity index (χ1) is 12.1. The molecule has 4 heteroatoms. The third kappa shape index (κ3) is 6.86. The van der Waals surface area contributed by atoms with E-state index in [0.717, 1.165) is 17.9 Å². The Balaban J connectivity index is 1.83. The molecular formula is C21H29NO3. The molecule has 0 fully saturated rings. The van der Waals surface area contributed by atoms with Crippen molar-refractivity contribution in [3.8, 4) is 5.75 Å². The first-order valence-electron chi connectivity index (χ1n) is 8.75. The number of hydrogen-bond donors (Lipinski definition) is 1. The van der Waals surface area contributed by atoms with E-state index in [-0.39, 0.29) is 0 Å². The third-order valence-electron chi connectivity index (χ3n) is 4.12. The zero-order valence-electron chi connectivity index (χ0n) is 15.4. The highest BCUT2D eigenvalue weighted by Gasteiger charge is 2.16. The molecule has 0 aliphatic rings. The van der Waals surface area contributed by atoms with E-state index in [4.69, 9.17) is 9.47 Å². The zero-order valence-corrected chi connectivity index (χ0v) is 15.4. The smallest absolute Gasteiger partial charge is 0.119 e. The molecule has 1 atom stereocenters. The van der Waals surface area contributed by atoms with E-state index in [1.807, 2.05) is 48.5 Å². The summed E-state index contributed by atoms with van der Waals surface area (Å²) in [6.07, 6.45) is -0.517. The van der Waals surface area contributed by atoms with Gasteiger partial charge in [0, 0.05) is 19.1 Å². The van der Waals surface area contributed by atoms with Gasteiger partial charge in [-0.2, -0.15) is 0 Å². The van der Waals surface area contributed by atoms with Gasteiger partial charge in [0.1, 0.15) is 5.75 Å². The summed E-state index contributed by atoms with van der Waals surface area (Å²) >= 11 is 0. The largest absolute Gasteiger partial charge is 0.497 e. The quantitative estimate of drug-likeness (QED) is 0.717. The lowest BCUT2D eigenvalue weighted by molar-refractivity contribution is 0.00313. The van der Waals surface area contributed by atoms with Crippen LogP contribution in [0.4, 0.5) is 0 Å². The Hall–Kier alpha value is -1.88. The van der Waals surface area contributed by atoms with Crippen LogP contribution in [-0.4, -0.2) is 42.4 Å². The molecule has 0 amide bonds. The Labute approximate surface area is 151 Å². The molecule has 2 rings (SSSR count). The van der Waals surface area contributed by atoms with Crippen molar-refractivity contribution >= 4 is 0 Å². The maximum absolute atomic E-state index is 10.3.